The van der Waals surface area contributed by atoms with Gasteiger partial charge >= 0.3 is 0 Å². The quantitative estimate of drug-likeness (QED) is 0.344. The average Bonchev–Trinajstić information content (AvgIpc) is 2.85. The molecule has 4 heteroatoms. The van der Waals surface area contributed by atoms with Gasteiger partial charge in [-0.25, -0.2) is 8.78 Å². The molecule has 1 aliphatic rings. The molecule has 1 heterocycles. The second kappa shape index (κ2) is 4.91. The summed E-state index contributed by atoms with van der Waals surface area (Å²) in [6.45, 7) is 0. The molecular formula is C18H12F2IN. The van der Waals surface area contributed by atoms with E-state index in [0.717, 1.165) is 27.9 Å². The van der Waals surface area contributed by atoms with Crippen molar-refractivity contribution in [3.63, 3.8) is 0 Å². The number of rotatable bonds is 0. The molecule has 0 saturated heterocycles. The first-order valence-electron chi connectivity index (χ1n) is 6.96. The Balaban J connectivity index is 2.20. The van der Waals surface area contributed by atoms with E-state index in [4.69, 9.17) is 0 Å². The fraction of sp³-hybridized carbons (Fsp3) is 0.111. The Morgan fingerprint density at radius 3 is 2.55 bits per heavy atom. The minimum Gasteiger partial charge on any atom is -0.350 e. The number of hydrogen-bond donors (Lipinski definition) is 0. The molecule has 0 radical (unpaired) electrons. The van der Waals surface area contributed by atoms with Crippen LogP contribution in [0.25, 0.3) is 22.4 Å². The predicted octanol–water partition coefficient (Wildman–Crippen LogP) is 5.48. The number of aromatic nitrogens is 1. The molecule has 0 saturated carbocycles. The molecule has 0 N–H and O–H groups in total. The van der Waals surface area contributed by atoms with Gasteiger partial charge in [0, 0.05) is 29.9 Å². The lowest BCUT2D eigenvalue weighted by molar-refractivity contribution is 0.510. The number of alkyl halides is 1. The van der Waals surface area contributed by atoms with Crippen molar-refractivity contribution in [2.75, 3.05) is 0 Å². The summed E-state index contributed by atoms with van der Waals surface area (Å²) < 4.78 is 30.3. The van der Waals surface area contributed by atoms with Gasteiger partial charge in [0.2, 0.25) is 0 Å². The summed E-state index contributed by atoms with van der Waals surface area (Å²) in [5.41, 5.74) is 5.07. The first-order chi connectivity index (χ1) is 10.6. The monoisotopic (exact) mass is 407 g/mol. The summed E-state index contributed by atoms with van der Waals surface area (Å²) in [6.07, 6.45) is 1.89. The minimum atomic E-state index is -0.803. The van der Waals surface area contributed by atoms with E-state index in [-0.39, 0.29) is 3.92 Å². The topological polar surface area (TPSA) is 4.93 Å². The maximum Gasteiger partial charge on any atom is 0.167 e. The van der Waals surface area contributed by atoms with Crippen LogP contribution in [0.5, 0.6) is 0 Å². The van der Waals surface area contributed by atoms with Gasteiger partial charge < -0.3 is 4.57 Å². The molecule has 1 aliphatic carbocycles. The largest absolute Gasteiger partial charge is 0.350 e. The Kier molecular flexibility index (Phi) is 3.11. The highest BCUT2D eigenvalue weighted by atomic mass is 127. The first kappa shape index (κ1) is 13.9. The van der Waals surface area contributed by atoms with Crippen LogP contribution in [0.3, 0.4) is 0 Å². The van der Waals surface area contributed by atoms with Gasteiger partial charge in [-0.3, -0.25) is 0 Å². The van der Waals surface area contributed by atoms with Crippen molar-refractivity contribution in [3.05, 3.63) is 71.4 Å². The number of fused-ring (bicyclic) bond motifs is 5. The van der Waals surface area contributed by atoms with E-state index in [2.05, 4.69) is 28.7 Å². The standard InChI is InChI=1S/C18H12F2IN/c1-22-9-8-13-15-12(6-7-14(19)16(15)20)17(21)10-4-2-3-5-11(10)18(13)22/h2-9,17H,1H3. The van der Waals surface area contributed by atoms with Crippen LogP contribution in [0.15, 0.2) is 48.7 Å². The predicted molar refractivity (Wildman–Crippen MR) is 92.1 cm³/mol. The van der Waals surface area contributed by atoms with E-state index < -0.39 is 11.6 Å². The number of aryl methyl sites for hydroxylation is 1. The molecule has 2 aromatic carbocycles. The van der Waals surface area contributed by atoms with Crippen LogP contribution in [0.2, 0.25) is 0 Å². The summed E-state index contributed by atoms with van der Waals surface area (Å²) >= 11 is 2.30. The molecule has 0 aliphatic heterocycles. The highest BCUT2D eigenvalue weighted by Crippen LogP contribution is 2.49. The van der Waals surface area contributed by atoms with E-state index in [0.29, 0.717) is 5.56 Å². The van der Waals surface area contributed by atoms with E-state index in [9.17, 15) is 8.78 Å². The van der Waals surface area contributed by atoms with Crippen molar-refractivity contribution in [1.82, 2.24) is 4.57 Å². The zero-order chi connectivity index (χ0) is 15.4. The van der Waals surface area contributed by atoms with E-state index in [1.54, 1.807) is 6.07 Å². The number of benzene rings is 2. The Morgan fingerprint density at radius 1 is 0.955 bits per heavy atom. The van der Waals surface area contributed by atoms with Gasteiger partial charge in [-0.1, -0.05) is 52.9 Å². The van der Waals surface area contributed by atoms with E-state index in [1.807, 2.05) is 42.1 Å². The lowest BCUT2D eigenvalue weighted by atomic mass is 9.98. The molecule has 4 rings (SSSR count). The second-order valence-electron chi connectivity index (χ2n) is 5.46. The third kappa shape index (κ3) is 1.79. The molecular weight excluding hydrogens is 395 g/mol. The summed E-state index contributed by atoms with van der Waals surface area (Å²) in [7, 11) is 1.93. The van der Waals surface area contributed by atoms with Crippen molar-refractivity contribution in [3.8, 4) is 22.4 Å². The third-order valence-corrected chi connectivity index (χ3v) is 5.57. The van der Waals surface area contributed by atoms with Crippen LogP contribution in [0, 0.1) is 11.6 Å². The van der Waals surface area contributed by atoms with Gasteiger partial charge in [-0.05, 0) is 23.3 Å². The van der Waals surface area contributed by atoms with Crippen molar-refractivity contribution >= 4 is 22.6 Å². The summed E-state index contributed by atoms with van der Waals surface area (Å²) in [5, 5.41) is 0. The summed E-state index contributed by atoms with van der Waals surface area (Å²) in [6, 6.07) is 12.8. The SMILES string of the molecule is Cn1ccc2c1-c1ccccc1C(I)c1ccc(F)c(F)c1-2. The third-order valence-electron chi connectivity index (χ3n) is 4.23. The van der Waals surface area contributed by atoms with Crippen molar-refractivity contribution in [1.29, 1.82) is 0 Å². The fourth-order valence-corrected chi connectivity index (χ4v) is 4.28. The van der Waals surface area contributed by atoms with Gasteiger partial charge in [0.25, 0.3) is 0 Å². The fourth-order valence-electron chi connectivity index (χ4n) is 3.22. The summed E-state index contributed by atoms with van der Waals surface area (Å²) in [4.78, 5) is 0. The number of nitrogens with zero attached hydrogens (tertiary/aromatic N) is 1. The van der Waals surface area contributed by atoms with Crippen LogP contribution in [0.1, 0.15) is 15.1 Å². The van der Waals surface area contributed by atoms with Gasteiger partial charge in [-0.2, -0.15) is 0 Å². The molecule has 1 unspecified atom stereocenters. The Labute approximate surface area is 140 Å². The minimum absolute atomic E-state index is 0.0219. The average molecular weight is 407 g/mol. The van der Waals surface area contributed by atoms with Gasteiger partial charge in [0.1, 0.15) is 0 Å². The van der Waals surface area contributed by atoms with Crippen LogP contribution >= 0.6 is 22.6 Å². The highest BCUT2D eigenvalue weighted by Gasteiger charge is 2.30. The van der Waals surface area contributed by atoms with Crippen molar-refractivity contribution in [2.24, 2.45) is 7.05 Å². The molecule has 0 spiro atoms. The van der Waals surface area contributed by atoms with Crippen LogP contribution < -0.4 is 0 Å². The lowest BCUT2D eigenvalue weighted by Crippen LogP contribution is -1.98. The van der Waals surface area contributed by atoms with Gasteiger partial charge in [0.15, 0.2) is 11.6 Å². The number of halogens is 3. The van der Waals surface area contributed by atoms with Crippen LogP contribution in [-0.2, 0) is 7.05 Å². The molecule has 0 bridgehead atoms. The Hall–Kier alpha value is -1.69. The molecule has 1 nitrogen and oxygen atoms in total. The smallest absolute Gasteiger partial charge is 0.167 e. The van der Waals surface area contributed by atoms with E-state index >= 15 is 0 Å². The normalized spacial score (nSPS) is 15.7. The first-order valence-corrected chi connectivity index (χ1v) is 8.21. The second-order valence-corrected chi connectivity index (χ2v) is 6.71. The maximum absolute atomic E-state index is 14.6. The molecule has 0 amide bonds. The van der Waals surface area contributed by atoms with Crippen LogP contribution in [0.4, 0.5) is 8.78 Å². The van der Waals surface area contributed by atoms with Crippen molar-refractivity contribution < 1.29 is 8.78 Å². The van der Waals surface area contributed by atoms with Gasteiger partial charge in [0.05, 0.1) is 9.62 Å². The molecule has 1 atom stereocenters. The zero-order valence-corrected chi connectivity index (χ0v) is 13.9. The Morgan fingerprint density at radius 2 is 1.73 bits per heavy atom. The molecule has 22 heavy (non-hydrogen) atoms. The molecule has 1 aromatic heterocycles. The van der Waals surface area contributed by atoms with Crippen LogP contribution in [-0.4, -0.2) is 4.57 Å². The van der Waals surface area contributed by atoms with Crippen molar-refractivity contribution in [2.45, 2.75) is 3.92 Å². The molecule has 110 valence electrons. The lowest BCUT2D eigenvalue weighted by Gasteiger charge is -2.15. The molecule has 3 aromatic rings. The summed E-state index contributed by atoms with van der Waals surface area (Å²) in [5.74, 6) is -1.57. The van der Waals surface area contributed by atoms with E-state index in [1.165, 1.54) is 6.07 Å². The maximum atomic E-state index is 14.6. The zero-order valence-electron chi connectivity index (χ0n) is 11.8. The van der Waals surface area contributed by atoms with Gasteiger partial charge in [-0.15, -0.1) is 0 Å². The number of hydrogen-bond acceptors (Lipinski definition) is 0. The Bertz CT molecular complexity index is 898. The molecule has 0 fully saturated rings. The highest BCUT2D eigenvalue weighted by molar-refractivity contribution is 14.1.